The van der Waals surface area contributed by atoms with Crippen molar-refractivity contribution in [2.24, 2.45) is 0 Å². The van der Waals surface area contributed by atoms with E-state index < -0.39 is 11.6 Å². The van der Waals surface area contributed by atoms with Gasteiger partial charge >= 0.3 is 0 Å². The fourth-order valence-electron chi connectivity index (χ4n) is 6.33. The maximum Gasteiger partial charge on any atom is 0.180 e. The van der Waals surface area contributed by atoms with Gasteiger partial charge in [-0.25, -0.2) is 18.7 Å². The zero-order valence-electron chi connectivity index (χ0n) is 26.0. The molecule has 2 aromatic heterocycles. The summed E-state index contributed by atoms with van der Waals surface area (Å²) in [6.45, 7) is 17.4. The average molecular weight is 608 g/mol. The summed E-state index contributed by atoms with van der Waals surface area (Å²) in [6.07, 6.45) is 8.06. The van der Waals surface area contributed by atoms with E-state index in [1.54, 1.807) is 42.0 Å². The van der Waals surface area contributed by atoms with Crippen LogP contribution in [0.2, 0.25) is 0 Å². The third-order valence-corrected chi connectivity index (χ3v) is 8.89. The second kappa shape index (κ2) is 13.1. The Morgan fingerprint density at radius 2 is 1.87 bits per heavy atom. The third-order valence-electron chi connectivity index (χ3n) is 8.89. The molecule has 2 saturated heterocycles. The highest BCUT2D eigenvalue weighted by molar-refractivity contribution is 5.76. The molecule has 2 N–H and O–H groups in total. The van der Waals surface area contributed by atoms with Crippen molar-refractivity contribution in [3.05, 3.63) is 96.1 Å². The topological polar surface area (TPSA) is 60.7 Å². The molecule has 2 aromatic carbocycles. The minimum atomic E-state index is -0.895. The fourth-order valence-corrected chi connectivity index (χ4v) is 6.33. The molecule has 6 rings (SSSR count). The van der Waals surface area contributed by atoms with Crippen LogP contribution in [0.4, 0.5) is 20.3 Å². The normalized spacial score (nSPS) is 16.5. The van der Waals surface area contributed by atoms with Gasteiger partial charge in [-0.15, -0.1) is 11.8 Å². The second-order valence-corrected chi connectivity index (χ2v) is 11.7. The van der Waals surface area contributed by atoms with Crippen LogP contribution in [0.3, 0.4) is 0 Å². The van der Waals surface area contributed by atoms with Crippen LogP contribution < -0.4 is 10.6 Å². The summed E-state index contributed by atoms with van der Waals surface area (Å²) in [5.74, 6) is 4.45. The number of piperazine rings is 1. The lowest BCUT2D eigenvalue weighted by molar-refractivity contribution is 0.203. The van der Waals surface area contributed by atoms with Crippen molar-refractivity contribution in [2.45, 2.75) is 45.6 Å². The molecule has 0 amide bonds. The molecule has 2 aliphatic rings. The van der Waals surface area contributed by atoms with Crippen molar-refractivity contribution in [1.82, 2.24) is 29.5 Å². The number of fused-ring (bicyclic) bond motifs is 1. The molecule has 2 fully saturated rings. The molecule has 1 atom stereocenters. The summed E-state index contributed by atoms with van der Waals surface area (Å²) < 4.78 is 31.8. The van der Waals surface area contributed by atoms with Gasteiger partial charge in [-0.2, -0.15) is 0 Å². The van der Waals surface area contributed by atoms with E-state index in [9.17, 15) is 4.39 Å². The molecular formula is C36H39F2N7. The Hall–Kier alpha value is -4.68. The van der Waals surface area contributed by atoms with Gasteiger partial charge in [0.05, 0.1) is 11.9 Å². The van der Waals surface area contributed by atoms with E-state index in [0.717, 1.165) is 55.2 Å². The Labute approximate surface area is 263 Å². The van der Waals surface area contributed by atoms with Crippen LogP contribution in [-0.2, 0) is 6.42 Å². The van der Waals surface area contributed by atoms with Gasteiger partial charge < -0.3 is 20.4 Å². The lowest BCUT2D eigenvalue weighted by Gasteiger charge is -2.40. The number of aryl methyl sites for hydroxylation is 2. The Balaban J connectivity index is 1.15. The Morgan fingerprint density at radius 3 is 2.60 bits per heavy atom. The average Bonchev–Trinajstić information content (AvgIpc) is 3.75. The Morgan fingerprint density at radius 1 is 1.07 bits per heavy atom. The van der Waals surface area contributed by atoms with Crippen LogP contribution in [-0.4, -0.2) is 62.9 Å². The molecule has 45 heavy (non-hydrogen) atoms. The monoisotopic (exact) mass is 607 g/mol. The summed E-state index contributed by atoms with van der Waals surface area (Å²) >= 11 is 0. The summed E-state index contributed by atoms with van der Waals surface area (Å²) in [4.78, 5) is 13.8. The van der Waals surface area contributed by atoms with E-state index in [4.69, 9.17) is 0 Å². The number of nitrogens with one attached hydrogen (secondary N) is 2. The van der Waals surface area contributed by atoms with Gasteiger partial charge in [-0.1, -0.05) is 25.3 Å². The number of nitrogens with zero attached hydrogens (tertiary/aromatic N) is 5. The number of hydrogen-bond donors (Lipinski definition) is 2. The van der Waals surface area contributed by atoms with E-state index in [0.29, 0.717) is 41.6 Å². The van der Waals surface area contributed by atoms with Crippen LogP contribution in [0.5, 0.6) is 0 Å². The van der Waals surface area contributed by atoms with Crippen molar-refractivity contribution in [2.75, 3.05) is 38.0 Å². The van der Waals surface area contributed by atoms with Gasteiger partial charge in [-0.3, -0.25) is 4.40 Å². The quantitative estimate of drug-likeness (QED) is 0.211. The highest BCUT2D eigenvalue weighted by atomic mass is 19.2. The molecule has 1 unspecified atom stereocenters. The number of halogens is 2. The first kappa shape index (κ1) is 30.4. The van der Waals surface area contributed by atoms with Crippen LogP contribution in [0.1, 0.15) is 42.9 Å². The van der Waals surface area contributed by atoms with E-state index in [1.165, 1.54) is 18.5 Å². The molecule has 0 spiro atoms. The zero-order chi connectivity index (χ0) is 31.5. The Bertz CT molecular complexity index is 1800. The molecule has 0 radical (unpaired) electrons. The number of aromatic nitrogens is 3. The Kier molecular flexibility index (Phi) is 8.85. The molecule has 0 saturated carbocycles. The van der Waals surface area contributed by atoms with Crippen molar-refractivity contribution >= 4 is 22.8 Å². The van der Waals surface area contributed by atoms with E-state index in [-0.39, 0.29) is 5.56 Å². The van der Waals surface area contributed by atoms with Gasteiger partial charge in [0.25, 0.3) is 0 Å². The maximum atomic E-state index is 15.2. The van der Waals surface area contributed by atoms with Gasteiger partial charge in [0.2, 0.25) is 0 Å². The molecule has 9 heteroatoms. The van der Waals surface area contributed by atoms with Crippen LogP contribution in [0.25, 0.3) is 22.6 Å². The standard InChI is InChI=1S/C36H39F2N7/c1-5-6-7-9-27-11-13-30(34(38)33(27)37)32-23-41-36-35(40-16-17-45(32)36)42-28-12-14-29(24(2)22-28)25(3)43-18-20-44(21-19-43)26(4)31-10-8-15-39-31/h11-14,16-17,22-23,31,39H,3-4,7-10,15,18-21H2,1-2H3,(H,40,42). The molecular weight excluding hydrogens is 568 g/mol. The maximum absolute atomic E-state index is 15.2. The van der Waals surface area contributed by atoms with Gasteiger partial charge in [0, 0.05) is 79.2 Å². The lowest BCUT2D eigenvalue weighted by Crippen LogP contribution is -2.47. The predicted octanol–water partition coefficient (Wildman–Crippen LogP) is 6.54. The smallest absolute Gasteiger partial charge is 0.180 e. The summed E-state index contributed by atoms with van der Waals surface area (Å²) in [5.41, 5.74) is 6.65. The lowest BCUT2D eigenvalue weighted by atomic mass is 10.0. The van der Waals surface area contributed by atoms with Gasteiger partial charge in [0.1, 0.15) is 0 Å². The SMILES string of the molecule is C=C(c1ccc(Nc2nccn3c(-c4ccc(CCC#CC)c(F)c4F)cnc23)cc1C)N1CCN(C(=C)C2CCCN2)CC1. The van der Waals surface area contributed by atoms with Crippen LogP contribution >= 0.6 is 0 Å². The van der Waals surface area contributed by atoms with Crippen molar-refractivity contribution in [3.8, 4) is 23.1 Å². The number of anilines is 2. The van der Waals surface area contributed by atoms with E-state index in [2.05, 4.69) is 74.5 Å². The first-order chi connectivity index (χ1) is 21.9. The summed E-state index contributed by atoms with van der Waals surface area (Å²) in [7, 11) is 0. The first-order valence-corrected chi connectivity index (χ1v) is 15.5. The number of benzene rings is 2. The molecule has 2 aliphatic heterocycles. The van der Waals surface area contributed by atoms with Crippen LogP contribution in [0.15, 0.2) is 67.8 Å². The fraction of sp³-hybridized carbons (Fsp3) is 0.333. The summed E-state index contributed by atoms with van der Waals surface area (Å²) in [5, 5.41) is 6.92. The van der Waals surface area contributed by atoms with Crippen molar-refractivity contribution in [1.29, 1.82) is 0 Å². The molecule has 0 aliphatic carbocycles. The van der Waals surface area contributed by atoms with Gasteiger partial charge in [0.15, 0.2) is 23.1 Å². The second-order valence-electron chi connectivity index (χ2n) is 11.7. The largest absolute Gasteiger partial charge is 0.370 e. The predicted molar refractivity (Wildman–Crippen MR) is 177 cm³/mol. The van der Waals surface area contributed by atoms with E-state index >= 15 is 4.39 Å². The molecule has 7 nitrogen and oxygen atoms in total. The minimum Gasteiger partial charge on any atom is -0.370 e. The highest BCUT2D eigenvalue weighted by Gasteiger charge is 2.26. The highest BCUT2D eigenvalue weighted by Crippen LogP contribution is 2.31. The van der Waals surface area contributed by atoms with Gasteiger partial charge in [-0.05, 0) is 69.0 Å². The third kappa shape index (κ3) is 6.16. The van der Waals surface area contributed by atoms with E-state index in [1.807, 2.05) is 6.07 Å². The number of hydrogen-bond acceptors (Lipinski definition) is 6. The van der Waals surface area contributed by atoms with Crippen molar-refractivity contribution < 1.29 is 8.78 Å². The molecule has 4 heterocycles. The zero-order valence-corrected chi connectivity index (χ0v) is 26.0. The number of rotatable bonds is 9. The van der Waals surface area contributed by atoms with Crippen LogP contribution in [0, 0.1) is 30.4 Å². The first-order valence-electron chi connectivity index (χ1n) is 15.5. The summed E-state index contributed by atoms with van der Waals surface area (Å²) in [6, 6.07) is 9.77. The molecule has 4 aromatic rings. The minimum absolute atomic E-state index is 0.140. The van der Waals surface area contributed by atoms with Crippen molar-refractivity contribution in [3.63, 3.8) is 0 Å². The molecule has 0 bridgehead atoms. The molecule has 232 valence electrons. The number of imidazole rings is 1.